The third-order valence-electron chi connectivity index (χ3n) is 4.03. The van der Waals surface area contributed by atoms with Crippen molar-refractivity contribution in [1.29, 1.82) is 0 Å². The van der Waals surface area contributed by atoms with Crippen molar-refractivity contribution in [2.24, 2.45) is 0 Å². The largest absolute Gasteiger partial charge is 0.383 e. The fraction of sp³-hybridized carbons (Fsp3) is 0.300. The van der Waals surface area contributed by atoms with Gasteiger partial charge in [0.05, 0.1) is 30.7 Å². The molecule has 0 fully saturated rings. The molecule has 0 aromatic heterocycles. The number of amides is 2. The summed E-state index contributed by atoms with van der Waals surface area (Å²) < 4.78 is 30.2. The van der Waals surface area contributed by atoms with Gasteiger partial charge in [0, 0.05) is 20.2 Å². The summed E-state index contributed by atoms with van der Waals surface area (Å²) in [5.74, 6) is -0.897. The summed E-state index contributed by atoms with van der Waals surface area (Å²) in [4.78, 5) is 24.8. The van der Waals surface area contributed by atoms with Crippen LogP contribution in [0.3, 0.4) is 0 Å². The van der Waals surface area contributed by atoms with Gasteiger partial charge in [0.1, 0.15) is 0 Å². The van der Waals surface area contributed by atoms with Crippen molar-refractivity contribution >= 4 is 27.5 Å². The molecule has 0 saturated heterocycles. The van der Waals surface area contributed by atoms with Crippen LogP contribution >= 0.6 is 0 Å². The molecule has 2 aromatic rings. The normalized spacial score (nSPS) is 11.3. The Bertz CT molecular complexity index is 932. The van der Waals surface area contributed by atoms with Gasteiger partial charge in [-0.1, -0.05) is 42.5 Å². The van der Waals surface area contributed by atoms with Gasteiger partial charge < -0.3 is 15.4 Å². The topological polar surface area (TPSA) is 105 Å². The van der Waals surface area contributed by atoms with Crippen LogP contribution < -0.4 is 10.6 Å². The molecule has 0 radical (unpaired) electrons. The number of rotatable bonds is 10. The second kappa shape index (κ2) is 10.7. The average molecular weight is 420 g/mol. The van der Waals surface area contributed by atoms with E-state index in [4.69, 9.17) is 4.74 Å². The lowest BCUT2D eigenvalue weighted by Gasteiger charge is -2.20. The Hall–Kier alpha value is -2.75. The smallest absolute Gasteiger partial charge is 0.253 e. The van der Waals surface area contributed by atoms with E-state index in [1.54, 1.807) is 48.5 Å². The van der Waals surface area contributed by atoms with E-state index in [1.807, 2.05) is 6.07 Å². The van der Waals surface area contributed by atoms with E-state index in [-0.39, 0.29) is 24.6 Å². The summed E-state index contributed by atoms with van der Waals surface area (Å²) in [7, 11) is -2.08. The third kappa shape index (κ3) is 7.30. The van der Waals surface area contributed by atoms with Crippen molar-refractivity contribution in [3.63, 3.8) is 0 Å². The van der Waals surface area contributed by atoms with Gasteiger partial charge in [-0.25, -0.2) is 8.42 Å². The Morgan fingerprint density at radius 1 is 1.03 bits per heavy atom. The molecule has 0 saturated carbocycles. The van der Waals surface area contributed by atoms with Crippen LogP contribution in [0.4, 0.5) is 5.69 Å². The van der Waals surface area contributed by atoms with E-state index < -0.39 is 15.9 Å². The first-order valence-corrected chi connectivity index (χ1v) is 10.8. The first-order valence-electron chi connectivity index (χ1n) is 8.96. The highest BCUT2D eigenvalue weighted by Crippen LogP contribution is 2.16. The zero-order chi connectivity index (χ0) is 21.3. The van der Waals surface area contributed by atoms with Crippen molar-refractivity contribution in [2.75, 3.05) is 38.4 Å². The number of anilines is 1. The predicted octanol–water partition coefficient (Wildman–Crippen LogP) is 1.46. The van der Waals surface area contributed by atoms with E-state index >= 15 is 0 Å². The van der Waals surface area contributed by atoms with Gasteiger partial charge in [-0.15, -0.1) is 0 Å². The first-order chi connectivity index (χ1) is 13.8. The molecule has 2 aromatic carbocycles. The maximum absolute atomic E-state index is 12.5. The van der Waals surface area contributed by atoms with E-state index in [1.165, 1.54) is 7.11 Å². The zero-order valence-corrected chi connectivity index (χ0v) is 17.2. The molecule has 0 aliphatic heterocycles. The van der Waals surface area contributed by atoms with Gasteiger partial charge in [-0.3, -0.25) is 9.59 Å². The van der Waals surface area contributed by atoms with Crippen molar-refractivity contribution in [3.05, 3.63) is 65.7 Å². The summed E-state index contributed by atoms with van der Waals surface area (Å²) in [5.41, 5.74) is 1.36. The van der Waals surface area contributed by atoms with Gasteiger partial charge in [0.25, 0.3) is 5.91 Å². The fourth-order valence-corrected chi connectivity index (χ4v) is 3.31. The highest BCUT2D eigenvalue weighted by Gasteiger charge is 2.21. The second-order valence-corrected chi connectivity index (χ2v) is 8.34. The molecule has 0 spiro atoms. The molecule has 29 heavy (non-hydrogen) atoms. The lowest BCUT2D eigenvalue weighted by atomic mass is 10.1. The molecule has 2 rings (SSSR count). The number of hydrogen-bond acceptors (Lipinski definition) is 5. The van der Waals surface area contributed by atoms with Crippen molar-refractivity contribution in [2.45, 2.75) is 6.54 Å². The van der Waals surface area contributed by atoms with E-state index in [9.17, 15) is 18.0 Å². The third-order valence-corrected chi connectivity index (χ3v) is 5.22. The average Bonchev–Trinajstić information content (AvgIpc) is 2.68. The second-order valence-electron chi connectivity index (χ2n) is 6.36. The molecule has 0 atom stereocenters. The van der Waals surface area contributed by atoms with Crippen LogP contribution in [0, 0.1) is 0 Å². The molecule has 0 heterocycles. The zero-order valence-electron chi connectivity index (χ0n) is 16.4. The minimum atomic E-state index is -3.61. The lowest BCUT2D eigenvalue weighted by molar-refractivity contribution is -0.116. The lowest BCUT2D eigenvalue weighted by Crippen LogP contribution is -2.37. The molecular formula is C20H25N3O5S. The first kappa shape index (κ1) is 22.5. The molecule has 0 aliphatic carbocycles. The molecule has 2 amide bonds. The molecule has 2 N–H and O–H groups in total. The number of benzene rings is 2. The van der Waals surface area contributed by atoms with E-state index in [0.717, 1.165) is 16.1 Å². The van der Waals surface area contributed by atoms with Crippen LogP contribution in [0.5, 0.6) is 0 Å². The van der Waals surface area contributed by atoms with Crippen LogP contribution in [0.25, 0.3) is 0 Å². The summed E-state index contributed by atoms with van der Waals surface area (Å²) in [6.07, 6.45) is 1.06. The highest BCUT2D eigenvalue weighted by molar-refractivity contribution is 7.88. The fourth-order valence-electron chi connectivity index (χ4n) is 2.58. The van der Waals surface area contributed by atoms with Crippen molar-refractivity contribution in [1.82, 2.24) is 9.62 Å². The Labute approximate surface area is 170 Å². The van der Waals surface area contributed by atoms with Crippen LogP contribution in [0.1, 0.15) is 15.9 Å². The number of para-hydroxylation sites is 1. The standard InChI is InChI=1S/C20H25N3O5S/c1-28-13-12-21-20(25)17-10-6-7-11-18(17)22-19(24)15-23(29(2,26)27)14-16-8-4-3-5-9-16/h3-11H,12-15H2,1-2H3,(H,21,25)(H,22,24). The number of carbonyl (C=O) groups is 2. The molecule has 0 bridgehead atoms. The van der Waals surface area contributed by atoms with E-state index in [0.29, 0.717) is 18.8 Å². The van der Waals surface area contributed by atoms with Crippen molar-refractivity contribution < 1.29 is 22.7 Å². The van der Waals surface area contributed by atoms with Gasteiger partial charge in [-0.05, 0) is 17.7 Å². The van der Waals surface area contributed by atoms with Crippen LogP contribution in [-0.2, 0) is 26.1 Å². The quantitative estimate of drug-likeness (QED) is 0.568. The number of carbonyl (C=O) groups excluding carboxylic acids is 2. The molecular weight excluding hydrogens is 394 g/mol. The maximum Gasteiger partial charge on any atom is 0.253 e. The Morgan fingerprint density at radius 2 is 1.69 bits per heavy atom. The summed E-state index contributed by atoms with van der Waals surface area (Å²) >= 11 is 0. The van der Waals surface area contributed by atoms with Crippen molar-refractivity contribution in [3.8, 4) is 0 Å². The number of methoxy groups -OCH3 is 1. The van der Waals surface area contributed by atoms with Gasteiger partial charge in [0.15, 0.2) is 0 Å². The SMILES string of the molecule is COCCNC(=O)c1ccccc1NC(=O)CN(Cc1ccccc1)S(C)(=O)=O. The predicted molar refractivity (Wildman–Crippen MR) is 111 cm³/mol. The van der Waals surface area contributed by atoms with Crippen LogP contribution in [0.15, 0.2) is 54.6 Å². The van der Waals surface area contributed by atoms with Crippen LogP contribution in [0.2, 0.25) is 0 Å². The Kier molecular flexibility index (Phi) is 8.32. The molecule has 156 valence electrons. The Morgan fingerprint density at radius 3 is 2.34 bits per heavy atom. The maximum atomic E-state index is 12.5. The number of sulfonamides is 1. The number of nitrogens with zero attached hydrogens (tertiary/aromatic N) is 1. The highest BCUT2D eigenvalue weighted by atomic mass is 32.2. The Balaban J connectivity index is 2.09. The number of ether oxygens (including phenoxy) is 1. The van der Waals surface area contributed by atoms with Crippen LogP contribution in [-0.4, -0.2) is 57.6 Å². The summed E-state index contributed by atoms with van der Waals surface area (Å²) in [6.45, 7) is 0.402. The van der Waals surface area contributed by atoms with E-state index in [2.05, 4.69) is 10.6 Å². The molecule has 8 nitrogen and oxygen atoms in total. The number of hydrogen-bond donors (Lipinski definition) is 2. The molecule has 9 heteroatoms. The molecule has 0 aliphatic rings. The van der Waals surface area contributed by atoms with Gasteiger partial charge in [0.2, 0.25) is 15.9 Å². The summed E-state index contributed by atoms with van der Waals surface area (Å²) in [5, 5.41) is 5.32. The number of nitrogens with one attached hydrogen (secondary N) is 2. The van der Waals surface area contributed by atoms with Gasteiger partial charge in [-0.2, -0.15) is 4.31 Å². The molecule has 0 unspecified atom stereocenters. The minimum absolute atomic E-state index is 0.0756. The summed E-state index contributed by atoms with van der Waals surface area (Å²) in [6, 6.07) is 15.5. The monoisotopic (exact) mass is 419 g/mol. The minimum Gasteiger partial charge on any atom is -0.383 e. The van der Waals surface area contributed by atoms with Gasteiger partial charge >= 0.3 is 0 Å².